The second kappa shape index (κ2) is 9.08. The number of aromatic nitrogens is 1. The van der Waals surface area contributed by atoms with Gasteiger partial charge in [0.2, 0.25) is 0 Å². The van der Waals surface area contributed by atoms with Gasteiger partial charge >= 0.3 is 0 Å². The van der Waals surface area contributed by atoms with E-state index in [1.807, 2.05) is 12.1 Å². The van der Waals surface area contributed by atoms with Gasteiger partial charge in [-0.15, -0.1) is 0 Å². The molecule has 0 bridgehead atoms. The molecule has 1 unspecified atom stereocenters. The van der Waals surface area contributed by atoms with Gasteiger partial charge in [-0.3, -0.25) is 4.98 Å². The van der Waals surface area contributed by atoms with Crippen molar-refractivity contribution in [3.05, 3.63) is 70.3 Å². The number of piperazine rings is 1. The van der Waals surface area contributed by atoms with Crippen LogP contribution in [-0.4, -0.2) is 30.7 Å². The summed E-state index contributed by atoms with van der Waals surface area (Å²) in [4.78, 5) is 8.19. The predicted octanol–water partition coefficient (Wildman–Crippen LogP) is 5.70. The first-order valence-electron chi connectivity index (χ1n) is 11.1. The summed E-state index contributed by atoms with van der Waals surface area (Å²) in [5.41, 5.74) is 6.00. The number of aryl methyl sites for hydroxylation is 1. The molecule has 7 heteroatoms. The molecule has 0 saturated carbocycles. The molecule has 2 N–H and O–H groups in total. The summed E-state index contributed by atoms with van der Waals surface area (Å²) in [5.74, 6) is -0.534. The van der Waals surface area contributed by atoms with Gasteiger partial charge in [-0.2, -0.15) is 0 Å². The maximum atomic E-state index is 14.0. The maximum Gasteiger partial charge on any atom is 0.141 e. The molecular weight excluding hydrogens is 426 g/mol. The molecule has 0 amide bonds. The van der Waals surface area contributed by atoms with E-state index in [0.717, 1.165) is 72.7 Å². The Labute approximate surface area is 191 Å². The van der Waals surface area contributed by atoms with Crippen LogP contribution in [0.3, 0.4) is 0 Å². The number of nitrogens with one attached hydrogen (secondary N) is 2. The van der Waals surface area contributed by atoms with Crippen molar-refractivity contribution in [2.45, 2.75) is 32.2 Å². The number of halogens is 2. The molecule has 1 saturated heterocycles. The van der Waals surface area contributed by atoms with E-state index in [9.17, 15) is 8.78 Å². The zero-order valence-electron chi connectivity index (χ0n) is 18.0. The van der Waals surface area contributed by atoms with Gasteiger partial charge in [0, 0.05) is 41.7 Å². The minimum absolute atomic E-state index is 0.189. The van der Waals surface area contributed by atoms with Gasteiger partial charge in [-0.25, -0.2) is 8.78 Å². The largest absolute Gasteiger partial charge is 0.366 e. The average molecular weight is 453 g/mol. The summed E-state index contributed by atoms with van der Waals surface area (Å²) in [6.45, 7) is 4.68. The second-order valence-electron chi connectivity index (χ2n) is 8.31. The molecule has 3 heterocycles. The lowest BCUT2D eigenvalue weighted by Gasteiger charge is -2.36. The molecule has 1 aromatic carbocycles. The molecule has 5 rings (SSSR count). The van der Waals surface area contributed by atoms with Gasteiger partial charge in [0.05, 0.1) is 23.3 Å². The molecular formula is C25H26F2N4S. The third-order valence-corrected chi connectivity index (χ3v) is 7.15. The molecule has 0 aromatic heterocycles. The van der Waals surface area contributed by atoms with Crippen LogP contribution < -0.4 is 14.9 Å². The normalized spacial score (nSPS) is 18.3. The maximum absolute atomic E-state index is 14.0. The van der Waals surface area contributed by atoms with Crippen LogP contribution in [0.1, 0.15) is 30.9 Å². The zero-order valence-corrected chi connectivity index (χ0v) is 18.8. The van der Waals surface area contributed by atoms with E-state index < -0.39 is 0 Å². The fourth-order valence-corrected chi connectivity index (χ4v) is 5.34. The molecule has 3 aliphatic heterocycles. The van der Waals surface area contributed by atoms with Crippen LogP contribution in [0.5, 0.6) is 0 Å². The Kier molecular flexibility index (Phi) is 6.02. The standard InChI is InChI=1S/C25H26F2N4S/c1-2-20-13-22-23(30-32-20)21-9-7-18(27)14-29-24(21)25(22)31-11-10-28-19(15-31)8-6-16-4-3-5-17(26)12-16/h3-5,7,9,12-14,19,28,30H,2,6,8,10-11,15H2,1H3. The van der Waals surface area contributed by atoms with Crippen molar-refractivity contribution in [2.75, 3.05) is 29.3 Å². The Bertz CT molecular complexity index is 1130. The number of benzene rings is 1. The molecule has 0 spiro atoms. The van der Waals surface area contributed by atoms with Crippen LogP contribution in [0.4, 0.5) is 20.2 Å². The average Bonchev–Trinajstić information content (AvgIpc) is 2.99. The number of hydrogen-bond acceptors (Lipinski definition) is 5. The van der Waals surface area contributed by atoms with E-state index >= 15 is 0 Å². The van der Waals surface area contributed by atoms with E-state index in [4.69, 9.17) is 0 Å². The summed E-state index contributed by atoms with van der Waals surface area (Å²) in [7, 11) is 0. The Morgan fingerprint density at radius 2 is 2.09 bits per heavy atom. The van der Waals surface area contributed by atoms with Crippen molar-refractivity contribution < 1.29 is 8.78 Å². The summed E-state index contributed by atoms with van der Waals surface area (Å²) in [6.07, 6.45) is 6.23. The van der Waals surface area contributed by atoms with Crippen LogP contribution in [0.15, 0.2) is 47.5 Å². The molecule has 1 aliphatic carbocycles. The number of fused-ring (bicyclic) bond motifs is 3. The molecule has 0 radical (unpaired) electrons. The van der Waals surface area contributed by atoms with Gasteiger partial charge in [0.1, 0.15) is 11.6 Å². The SMILES string of the molecule is CCC1=Cc2c(c3ccc(F)cnc-3c2N2CCNC(CCc3cccc(F)c3)C2)NS1. The molecule has 166 valence electrons. The molecule has 1 atom stereocenters. The van der Waals surface area contributed by atoms with Crippen LogP contribution in [0.2, 0.25) is 0 Å². The lowest BCUT2D eigenvalue weighted by molar-refractivity contribution is 0.434. The minimum atomic E-state index is -0.345. The number of rotatable bonds is 5. The van der Waals surface area contributed by atoms with Gasteiger partial charge < -0.3 is 14.9 Å². The van der Waals surface area contributed by atoms with Crippen molar-refractivity contribution in [1.29, 1.82) is 0 Å². The number of anilines is 2. The summed E-state index contributed by atoms with van der Waals surface area (Å²) in [6, 6.07) is 10.4. The Morgan fingerprint density at radius 1 is 1.19 bits per heavy atom. The highest BCUT2D eigenvalue weighted by Crippen LogP contribution is 2.50. The molecule has 1 fully saturated rings. The van der Waals surface area contributed by atoms with E-state index in [-0.39, 0.29) is 17.7 Å². The van der Waals surface area contributed by atoms with Crippen molar-refractivity contribution >= 4 is 29.4 Å². The second-order valence-corrected chi connectivity index (χ2v) is 9.24. The fraction of sp³-hybridized carbons (Fsp3) is 0.320. The quantitative estimate of drug-likeness (QED) is 0.486. The van der Waals surface area contributed by atoms with Crippen molar-refractivity contribution in [3.63, 3.8) is 0 Å². The lowest BCUT2D eigenvalue weighted by atomic mass is 10.0. The first-order chi connectivity index (χ1) is 15.6. The summed E-state index contributed by atoms with van der Waals surface area (Å²) >= 11 is 1.62. The Hall–Kier alpha value is -2.64. The van der Waals surface area contributed by atoms with Gasteiger partial charge in [0.25, 0.3) is 0 Å². The monoisotopic (exact) mass is 452 g/mol. The van der Waals surface area contributed by atoms with Crippen molar-refractivity contribution in [2.24, 2.45) is 0 Å². The lowest BCUT2D eigenvalue weighted by Crippen LogP contribution is -2.51. The third-order valence-electron chi connectivity index (χ3n) is 6.18. The molecule has 1 aromatic rings. The highest BCUT2D eigenvalue weighted by molar-refractivity contribution is 8.04. The minimum Gasteiger partial charge on any atom is -0.366 e. The number of nitrogens with zero attached hydrogens (tertiary/aromatic N) is 2. The summed E-state index contributed by atoms with van der Waals surface area (Å²) < 4.78 is 31.0. The fourth-order valence-electron chi connectivity index (χ4n) is 4.57. The smallest absolute Gasteiger partial charge is 0.141 e. The number of allylic oxidation sites excluding steroid dienone is 1. The highest BCUT2D eigenvalue weighted by Gasteiger charge is 2.31. The van der Waals surface area contributed by atoms with E-state index in [1.54, 1.807) is 24.1 Å². The topological polar surface area (TPSA) is 40.2 Å². The van der Waals surface area contributed by atoms with Crippen molar-refractivity contribution in [3.8, 4) is 11.3 Å². The first-order valence-corrected chi connectivity index (χ1v) is 11.9. The summed E-state index contributed by atoms with van der Waals surface area (Å²) in [5, 5.41) is 3.61. The zero-order chi connectivity index (χ0) is 22.1. The van der Waals surface area contributed by atoms with Crippen molar-refractivity contribution in [1.82, 2.24) is 10.3 Å². The molecule has 4 nitrogen and oxygen atoms in total. The molecule has 4 aliphatic rings. The van der Waals surface area contributed by atoms with Gasteiger partial charge in [-0.1, -0.05) is 19.1 Å². The van der Waals surface area contributed by atoms with E-state index in [2.05, 4.69) is 32.9 Å². The third kappa shape index (κ3) is 4.19. The van der Waals surface area contributed by atoms with E-state index in [0.29, 0.717) is 0 Å². The van der Waals surface area contributed by atoms with E-state index in [1.165, 1.54) is 23.2 Å². The Morgan fingerprint density at radius 3 is 2.94 bits per heavy atom. The van der Waals surface area contributed by atoms with Crippen LogP contribution in [-0.2, 0) is 6.42 Å². The van der Waals surface area contributed by atoms with Gasteiger partial charge in [0.15, 0.2) is 0 Å². The number of hydrogen-bond donors (Lipinski definition) is 2. The molecule has 32 heavy (non-hydrogen) atoms. The van der Waals surface area contributed by atoms with Crippen LogP contribution >= 0.6 is 11.9 Å². The highest BCUT2D eigenvalue weighted by atomic mass is 32.2. The predicted molar refractivity (Wildman–Crippen MR) is 129 cm³/mol. The van der Waals surface area contributed by atoms with Crippen LogP contribution in [0, 0.1) is 11.6 Å². The first kappa shape index (κ1) is 21.2. The van der Waals surface area contributed by atoms with Gasteiger partial charge in [-0.05, 0) is 67.1 Å². The Balaban J connectivity index is 1.45. The van der Waals surface area contributed by atoms with Crippen LogP contribution in [0.25, 0.3) is 17.3 Å².